The van der Waals surface area contributed by atoms with Crippen LogP contribution in [0.1, 0.15) is 22.4 Å². The van der Waals surface area contributed by atoms with Crippen LogP contribution < -0.4 is 10.5 Å². The fourth-order valence-corrected chi connectivity index (χ4v) is 2.54. The van der Waals surface area contributed by atoms with Crippen molar-refractivity contribution in [1.29, 1.82) is 0 Å². The van der Waals surface area contributed by atoms with E-state index in [1.165, 1.54) is 16.8 Å². The van der Waals surface area contributed by atoms with E-state index in [0.717, 1.165) is 37.3 Å². The van der Waals surface area contributed by atoms with E-state index in [2.05, 4.69) is 30.2 Å². The molecule has 0 atom stereocenters. The second-order valence-electron chi connectivity index (χ2n) is 4.97. The van der Waals surface area contributed by atoms with Crippen molar-refractivity contribution in [3.8, 4) is 5.75 Å². The van der Waals surface area contributed by atoms with Crippen LogP contribution in [0.2, 0.25) is 0 Å². The largest absolute Gasteiger partial charge is 0.493 e. The highest BCUT2D eigenvalue weighted by atomic mass is 16.5. The van der Waals surface area contributed by atoms with Crippen LogP contribution in [-0.4, -0.2) is 16.4 Å². The molecule has 100 valence electrons. The van der Waals surface area contributed by atoms with Gasteiger partial charge in [-0.05, 0) is 30.5 Å². The number of nitrogens with two attached hydrogens (primary N) is 1. The quantitative estimate of drug-likeness (QED) is 0.909. The van der Waals surface area contributed by atoms with E-state index >= 15 is 0 Å². The van der Waals surface area contributed by atoms with Gasteiger partial charge < -0.3 is 10.5 Å². The van der Waals surface area contributed by atoms with Gasteiger partial charge in [-0.3, -0.25) is 4.68 Å². The maximum absolute atomic E-state index is 5.67. The number of nitrogens with zero attached hydrogens (tertiary/aromatic N) is 2. The molecule has 4 nitrogen and oxygen atoms in total. The molecule has 1 aliphatic heterocycles. The Morgan fingerprint density at radius 1 is 1.42 bits per heavy atom. The van der Waals surface area contributed by atoms with Gasteiger partial charge in [0, 0.05) is 30.8 Å². The van der Waals surface area contributed by atoms with Gasteiger partial charge in [-0.25, -0.2) is 0 Å². The highest BCUT2D eigenvalue weighted by molar-refractivity contribution is 5.39. The third-order valence-corrected chi connectivity index (χ3v) is 3.79. The average Bonchev–Trinajstić information content (AvgIpc) is 3.02. The Morgan fingerprint density at radius 2 is 2.32 bits per heavy atom. The molecule has 0 saturated heterocycles. The van der Waals surface area contributed by atoms with Crippen LogP contribution >= 0.6 is 0 Å². The highest BCUT2D eigenvalue weighted by Crippen LogP contribution is 2.26. The van der Waals surface area contributed by atoms with Crippen LogP contribution in [-0.2, 0) is 25.9 Å². The zero-order chi connectivity index (χ0) is 13.2. The molecule has 2 N–H and O–H groups in total. The smallest absolute Gasteiger partial charge is 0.122 e. The highest BCUT2D eigenvalue weighted by Gasteiger charge is 2.12. The molecular formula is C15H19N3O. The first-order valence-electron chi connectivity index (χ1n) is 6.74. The fraction of sp³-hybridized carbons (Fsp3) is 0.400. The van der Waals surface area contributed by atoms with E-state index in [0.29, 0.717) is 6.54 Å². The van der Waals surface area contributed by atoms with Crippen molar-refractivity contribution in [3.05, 3.63) is 46.8 Å². The van der Waals surface area contributed by atoms with Crippen molar-refractivity contribution in [2.24, 2.45) is 5.73 Å². The van der Waals surface area contributed by atoms with Gasteiger partial charge in [0.2, 0.25) is 0 Å². The third-order valence-electron chi connectivity index (χ3n) is 3.79. The molecule has 0 radical (unpaired) electrons. The van der Waals surface area contributed by atoms with Crippen molar-refractivity contribution < 1.29 is 4.74 Å². The molecule has 1 aromatic carbocycles. The van der Waals surface area contributed by atoms with Crippen LogP contribution in [0, 0.1) is 6.92 Å². The monoisotopic (exact) mass is 257 g/mol. The summed E-state index contributed by atoms with van der Waals surface area (Å²) in [6.45, 7) is 4.34. The summed E-state index contributed by atoms with van der Waals surface area (Å²) in [5.74, 6) is 1.05. The molecule has 4 heteroatoms. The summed E-state index contributed by atoms with van der Waals surface area (Å²) in [6, 6.07) is 6.48. The molecular weight excluding hydrogens is 238 g/mol. The van der Waals surface area contributed by atoms with Crippen LogP contribution in [0.3, 0.4) is 0 Å². The molecule has 0 unspecified atom stereocenters. The third kappa shape index (κ3) is 2.36. The molecule has 0 aliphatic carbocycles. The lowest BCUT2D eigenvalue weighted by Gasteiger charge is -2.07. The van der Waals surface area contributed by atoms with Gasteiger partial charge in [0.05, 0.1) is 12.8 Å². The zero-order valence-electron chi connectivity index (χ0n) is 11.2. The number of aryl methyl sites for hydroxylation is 2. The van der Waals surface area contributed by atoms with Gasteiger partial charge in [-0.1, -0.05) is 12.1 Å². The van der Waals surface area contributed by atoms with Gasteiger partial charge in [0.25, 0.3) is 0 Å². The molecule has 0 spiro atoms. The van der Waals surface area contributed by atoms with Crippen LogP contribution in [0.15, 0.2) is 24.4 Å². The van der Waals surface area contributed by atoms with Crippen LogP contribution in [0.25, 0.3) is 0 Å². The standard InChI is InChI=1S/C15H19N3O/c1-11-14(9-16)10-17-18(11)6-4-12-2-3-15-13(8-12)5-7-19-15/h2-3,8,10H,4-7,9,16H2,1H3. The summed E-state index contributed by atoms with van der Waals surface area (Å²) < 4.78 is 7.56. The molecule has 2 heterocycles. The summed E-state index contributed by atoms with van der Waals surface area (Å²) in [4.78, 5) is 0. The van der Waals surface area contributed by atoms with Gasteiger partial charge >= 0.3 is 0 Å². The number of rotatable bonds is 4. The SMILES string of the molecule is Cc1c(CN)cnn1CCc1ccc2c(c1)CCO2. The van der Waals surface area contributed by atoms with Crippen molar-refractivity contribution in [2.45, 2.75) is 32.9 Å². The molecule has 1 aromatic heterocycles. The molecule has 0 amide bonds. The molecule has 2 aromatic rings. The number of fused-ring (bicyclic) bond motifs is 1. The lowest BCUT2D eigenvalue weighted by molar-refractivity contribution is 0.357. The molecule has 3 rings (SSSR count). The van der Waals surface area contributed by atoms with E-state index in [9.17, 15) is 0 Å². The predicted molar refractivity (Wildman–Crippen MR) is 74.2 cm³/mol. The Balaban J connectivity index is 1.70. The van der Waals surface area contributed by atoms with Gasteiger partial charge in [-0.15, -0.1) is 0 Å². The number of hydrogen-bond acceptors (Lipinski definition) is 3. The second kappa shape index (κ2) is 5.05. The first-order valence-corrected chi connectivity index (χ1v) is 6.74. The maximum Gasteiger partial charge on any atom is 0.122 e. The molecule has 0 fully saturated rings. The normalized spacial score (nSPS) is 13.4. The molecule has 0 saturated carbocycles. The van der Waals surface area contributed by atoms with E-state index in [4.69, 9.17) is 10.5 Å². The minimum Gasteiger partial charge on any atom is -0.493 e. The van der Waals surface area contributed by atoms with Crippen LogP contribution in [0.4, 0.5) is 0 Å². The van der Waals surface area contributed by atoms with Gasteiger partial charge in [-0.2, -0.15) is 5.10 Å². The summed E-state index contributed by atoms with van der Waals surface area (Å²) in [5.41, 5.74) is 10.6. The summed E-state index contributed by atoms with van der Waals surface area (Å²) in [7, 11) is 0. The molecule has 19 heavy (non-hydrogen) atoms. The number of benzene rings is 1. The zero-order valence-corrected chi connectivity index (χ0v) is 11.2. The Labute approximate surface area is 113 Å². The van der Waals surface area contributed by atoms with E-state index in [1.807, 2.05) is 10.9 Å². The predicted octanol–water partition coefficient (Wildman–Crippen LogP) is 1.83. The lowest BCUT2D eigenvalue weighted by Crippen LogP contribution is -2.06. The van der Waals surface area contributed by atoms with Crippen molar-refractivity contribution in [3.63, 3.8) is 0 Å². The average molecular weight is 257 g/mol. The Hall–Kier alpha value is -1.81. The Bertz CT molecular complexity index is 589. The van der Waals surface area contributed by atoms with Crippen LogP contribution in [0.5, 0.6) is 5.75 Å². The minimum absolute atomic E-state index is 0.558. The first kappa shape index (κ1) is 12.2. The maximum atomic E-state index is 5.67. The molecule has 0 bridgehead atoms. The number of aromatic nitrogens is 2. The fourth-order valence-electron chi connectivity index (χ4n) is 2.54. The second-order valence-corrected chi connectivity index (χ2v) is 4.97. The van der Waals surface area contributed by atoms with Gasteiger partial charge in [0.1, 0.15) is 5.75 Å². The van der Waals surface area contributed by atoms with Crippen molar-refractivity contribution in [1.82, 2.24) is 9.78 Å². The van der Waals surface area contributed by atoms with Crippen molar-refractivity contribution >= 4 is 0 Å². The first-order chi connectivity index (χ1) is 9.28. The summed E-state index contributed by atoms with van der Waals surface area (Å²) in [5, 5.41) is 4.39. The number of ether oxygens (including phenoxy) is 1. The van der Waals surface area contributed by atoms with E-state index in [-0.39, 0.29) is 0 Å². The van der Waals surface area contributed by atoms with Crippen molar-refractivity contribution in [2.75, 3.05) is 6.61 Å². The topological polar surface area (TPSA) is 53.1 Å². The van der Waals surface area contributed by atoms with E-state index in [1.54, 1.807) is 0 Å². The Kier molecular flexibility index (Phi) is 3.25. The summed E-state index contributed by atoms with van der Waals surface area (Å²) in [6.07, 6.45) is 3.88. The minimum atomic E-state index is 0.558. The summed E-state index contributed by atoms with van der Waals surface area (Å²) >= 11 is 0. The lowest BCUT2D eigenvalue weighted by atomic mass is 10.1. The molecule has 1 aliphatic rings. The van der Waals surface area contributed by atoms with E-state index < -0.39 is 0 Å². The Morgan fingerprint density at radius 3 is 3.11 bits per heavy atom. The van der Waals surface area contributed by atoms with Gasteiger partial charge in [0.15, 0.2) is 0 Å². The number of hydrogen-bond donors (Lipinski definition) is 1.